The van der Waals surface area contributed by atoms with Crippen molar-refractivity contribution in [1.82, 2.24) is 25.7 Å². The van der Waals surface area contributed by atoms with Crippen molar-refractivity contribution in [3.63, 3.8) is 0 Å². The molecule has 2 aromatic rings. The van der Waals surface area contributed by atoms with Crippen LogP contribution in [-0.4, -0.2) is 66.2 Å². The first-order valence-electron chi connectivity index (χ1n) is 10.2. The predicted molar refractivity (Wildman–Crippen MR) is 113 cm³/mol. The molecule has 0 saturated carbocycles. The van der Waals surface area contributed by atoms with Gasteiger partial charge < -0.3 is 15.2 Å². The van der Waals surface area contributed by atoms with Gasteiger partial charge in [0.15, 0.2) is 5.96 Å². The molecule has 0 bridgehead atoms. The fourth-order valence-corrected chi connectivity index (χ4v) is 3.52. The number of piperidine rings is 1. The van der Waals surface area contributed by atoms with Crippen LogP contribution in [0.3, 0.4) is 0 Å². The van der Waals surface area contributed by atoms with E-state index in [9.17, 15) is 8.78 Å². The van der Waals surface area contributed by atoms with Gasteiger partial charge in [-0.2, -0.15) is 4.98 Å². The second-order valence-electron chi connectivity index (χ2n) is 7.14. The SMILES string of the molecule is CCNC(=NCCc1nc(-c2cccc(Cl)c2)no1)NC1CCN(CC(F)F)CC1. The highest BCUT2D eigenvalue weighted by molar-refractivity contribution is 6.30. The molecular weight excluding hydrogens is 414 g/mol. The lowest BCUT2D eigenvalue weighted by Crippen LogP contribution is -2.49. The summed E-state index contributed by atoms with van der Waals surface area (Å²) in [6.07, 6.45) is -0.151. The van der Waals surface area contributed by atoms with E-state index in [2.05, 4.69) is 25.8 Å². The molecule has 1 saturated heterocycles. The quantitative estimate of drug-likeness (QED) is 0.484. The number of benzene rings is 1. The highest BCUT2D eigenvalue weighted by atomic mass is 35.5. The topological polar surface area (TPSA) is 78.6 Å². The lowest BCUT2D eigenvalue weighted by atomic mass is 10.1. The molecule has 0 radical (unpaired) electrons. The second-order valence-corrected chi connectivity index (χ2v) is 7.58. The van der Waals surface area contributed by atoms with E-state index in [0.29, 0.717) is 48.8 Å². The summed E-state index contributed by atoms with van der Waals surface area (Å²) in [4.78, 5) is 10.8. The fourth-order valence-electron chi connectivity index (χ4n) is 3.33. The average molecular weight is 441 g/mol. The van der Waals surface area contributed by atoms with Gasteiger partial charge in [0.25, 0.3) is 6.43 Å². The van der Waals surface area contributed by atoms with Crippen LogP contribution >= 0.6 is 11.6 Å². The first-order chi connectivity index (χ1) is 14.5. The number of aromatic nitrogens is 2. The first-order valence-corrected chi connectivity index (χ1v) is 10.5. The van der Waals surface area contributed by atoms with Crippen molar-refractivity contribution in [3.8, 4) is 11.4 Å². The smallest absolute Gasteiger partial charge is 0.251 e. The number of nitrogens with one attached hydrogen (secondary N) is 2. The zero-order valence-electron chi connectivity index (χ0n) is 17.0. The van der Waals surface area contributed by atoms with Gasteiger partial charge >= 0.3 is 0 Å². The summed E-state index contributed by atoms with van der Waals surface area (Å²) >= 11 is 6.01. The number of rotatable bonds is 8. The van der Waals surface area contributed by atoms with Crippen LogP contribution in [0.5, 0.6) is 0 Å². The normalized spacial score (nSPS) is 16.2. The molecule has 7 nitrogen and oxygen atoms in total. The van der Waals surface area contributed by atoms with Gasteiger partial charge in [0, 0.05) is 42.7 Å². The second kappa shape index (κ2) is 11.2. The molecule has 1 aromatic carbocycles. The van der Waals surface area contributed by atoms with Crippen molar-refractivity contribution < 1.29 is 13.3 Å². The van der Waals surface area contributed by atoms with Crippen molar-refractivity contribution in [2.75, 3.05) is 32.7 Å². The third kappa shape index (κ3) is 6.91. The fraction of sp³-hybridized carbons (Fsp3) is 0.550. The zero-order chi connectivity index (χ0) is 21.3. The van der Waals surface area contributed by atoms with Crippen molar-refractivity contribution >= 4 is 17.6 Å². The Labute approximate surface area is 179 Å². The molecule has 1 fully saturated rings. The van der Waals surface area contributed by atoms with E-state index in [1.807, 2.05) is 19.1 Å². The Morgan fingerprint density at radius 2 is 2.17 bits per heavy atom. The van der Waals surface area contributed by atoms with Gasteiger partial charge in [-0.15, -0.1) is 0 Å². The van der Waals surface area contributed by atoms with E-state index in [1.165, 1.54) is 0 Å². The van der Waals surface area contributed by atoms with Crippen LogP contribution in [0.15, 0.2) is 33.8 Å². The Bertz CT molecular complexity index is 823. The maximum Gasteiger partial charge on any atom is 0.251 e. The molecule has 164 valence electrons. The summed E-state index contributed by atoms with van der Waals surface area (Å²) in [5.74, 6) is 1.71. The molecule has 3 rings (SSSR count). The number of guanidine groups is 1. The van der Waals surface area contributed by atoms with Crippen molar-refractivity contribution in [1.29, 1.82) is 0 Å². The number of nitrogens with zero attached hydrogens (tertiary/aromatic N) is 4. The number of hydrogen-bond donors (Lipinski definition) is 2. The Balaban J connectivity index is 1.49. The van der Waals surface area contributed by atoms with Gasteiger partial charge in [-0.1, -0.05) is 28.9 Å². The maximum absolute atomic E-state index is 12.5. The summed E-state index contributed by atoms with van der Waals surface area (Å²) < 4.78 is 30.3. The lowest BCUT2D eigenvalue weighted by molar-refractivity contribution is 0.0744. The minimum Gasteiger partial charge on any atom is -0.357 e. The van der Waals surface area contributed by atoms with Gasteiger partial charge in [-0.25, -0.2) is 8.78 Å². The van der Waals surface area contributed by atoms with E-state index in [4.69, 9.17) is 16.1 Å². The van der Waals surface area contributed by atoms with Crippen LogP contribution in [0.1, 0.15) is 25.7 Å². The number of hydrogen-bond acceptors (Lipinski definition) is 5. The van der Waals surface area contributed by atoms with Gasteiger partial charge in [0.2, 0.25) is 11.7 Å². The number of aliphatic imine (C=N–C) groups is 1. The van der Waals surface area contributed by atoms with Crippen molar-refractivity contribution in [2.24, 2.45) is 4.99 Å². The molecule has 2 N–H and O–H groups in total. The van der Waals surface area contributed by atoms with E-state index in [1.54, 1.807) is 17.0 Å². The summed E-state index contributed by atoms with van der Waals surface area (Å²) in [6, 6.07) is 7.50. The molecule has 0 atom stereocenters. The van der Waals surface area contributed by atoms with Crippen LogP contribution in [0.4, 0.5) is 8.78 Å². The number of likely N-dealkylation sites (tertiary alicyclic amines) is 1. The lowest BCUT2D eigenvalue weighted by Gasteiger charge is -2.32. The third-order valence-corrected chi connectivity index (χ3v) is 5.05. The molecule has 0 unspecified atom stereocenters. The molecular formula is C20H27ClF2N6O. The Hall–Kier alpha value is -2.26. The first kappa shape index (κ1) is 22.4. The molecule has 0 amide bonds. The van der Waals surface area contributed by atoms with E-state index >= 15 is 0 Å². The predicted octanol–water partition coefficient (Wildman–Crippen LogP) is 3.22. The highest BCUT2D eigenvalue weighted by Crippen LogP contribution is 2.20. The zero-order valence-corrected chi connectivity index (χ0v) is 17.7. The molecule has 1 aromatic heterocycles. The van der Waals surface area contributed by atoms with Crippen LogP contribution < -0.4 is 10.6 Å². The van der Waals surface area contributed by atoms with Crippen LogP contribution in [0, 0.1) is 0 Å². The minimum absolute atomic E-state index is 0.151. The molecule has 2 heterocycles. The highest BCUT2D eigenvalue weighted by Gasteiger charge is 2.22. The Morgan fingerprint density at radius 1 is 1.37 bits per heavy atom. The molecule has 1 aliphatic heterocycles. The van der Waals surface area contributed by atoms with Crippen molar-refractivity contribution in [3.05, 3.63) is 35.2 Å². The van der Waals surface area contributed by atoms with E-state index < -0.39 is 6.43 Å². The largest absolute Gasteiger partial charge is 0.357 e. The summed E-state index contributed by atoms with van der Waals surface area (Å²) in [5.41, 5.74) is 0.800. The van der Waals surface area contributed by atoms with E-state index in [0.717, 1.165) is 24.9 Å². The van der Waals surface area contributed by atoms with E-state index in [-0.39, 0.29) is 12.6 Å². The van der Waals surface area contributed by atoms with Crippen molar-refractivity contribution in [2.45, 2.75) is 38.7 Å². The van der Waals surface area contributed by atoms with Crippen LogP contribution in [0.25, 0.3) is 11.4 Å². The maximum atomic E-state index is 12.5. The summed E-state index contributed by atoms with van der Waals surface area (Å²) in [7, 11) is 0. The minimum atomic E-state index is -2.28. The van der Waals surface area contributed by atoms with Crippen LogP contribution in [-0.2, 0) is 6.42 Å². The number of halogens is 3. The van der Waals surface area contributed by atoms with Gasteiger partial charge in [0.05, 0.1) is 13.1 Å². The number of alkyl halides is 2. The standard InChI is InChI=1S/C20H27ClF2N6O/c1-2-24-20(26-16-7-10-29(11-8-16)13-17(22)23)25-9-6-18-27-19(28-30-18)14-4-3-5-15(21)12-14/h3-5,12,16-17H,2,6-11,13H2,1H3,(H2,24,25,26). The van der Waals surface area contributed by atoms with Gasteiger partial charge in [-0.3, -0.25) is 9.89 Å². The average Bonchev–Trinajstić information content (AvgIpc) is 3.18. The summed E-state index contributed by atoms with van der Waals surface area (Å²) in [5, 5.41) is 11.2. The molecule has 10 heteroatoms. The molecule has 0 aliphatic carbocycles. The van der Waals surface area contributed by atoms with Gasteiger partial charge in [0.1, 0.15) is 0 Å². The summed E-state index contributed by atoms with van der Waals surface area (Å²) in [6.45, 7) is 4.39. The third-order valence-electron chi connectivity index (χ3n) is 4.82. The Morgan fingerprint density at radius 3 is 2.87 bits per heavy atom. The monoisotopic (exact) mass is 440 g/mol. The molecule has 0 spiro atoms. The molecule has 30 heavy (non-hydrogen) atoms. The Kier molecular flexibility index (Phi) is 8.39. The molecule has 1 aliphatic rings. The van der Waals surface area contributed by atoms with Gasteiger partial charge in [-0.05, 0) is 31.9 Å². The van der Waals surface area contributed by atoms with Crippen LogP contribution in [0.2, 0.25) is 5.02 Å².